The first-order valence-electron chi connectivity index (χ1n) is 6.93. The maximum atomic E-state index is 9.55. The Kier molecular flexibility index (Phi) is 5.68. The molecule has 3 aromatic rings. The van der Waals surface area contributed by atoms with Crippen LogP contribution in [0.3, 0.4) is 0 Å². The van der Waals surface area contributed by atoms with Crippen LogP contribution in [0.15, 0.2) is 67.1 Å². The second-order valence-corrected chi connectivity index (χ2v) is 4.62. The van der Waals surface area contributed by atoms with Crippen molar-refractivity contribution in [1.82, 2.24) is 9.97 Å². The Morgan fingerprint density at radius 2 is 1.62 bits per heavy atom. The maximum Gasteiger partial charge on any atom is 0.328 e. The van der Waals surface area contributed by atoms with Gasteiger partial charge >= 0.3 is 11.9 Å². The summed E-state index contributed by atoms with van der Waals surface area (Å²) in [6.45, 7) is 0. The number of para-hydroxylation sites is 1. The fourth-order valence-corrected chi connectivity index (χ4v) is 1.91. The third-order valence-corrected chi connectivity index (χ3v) is 2.92. The van der Waals surface area contributed by atoms with E-state index in [1.54, 1.807) is 12.4 Å². The first kappa shape index (κ1) is 16.8. The molecule has 4 N–H and O–H groups in total. The molecule has 0 fully saturated rings. The van der Waals surface area contributed by atoms with Crippen molar-refractivity contribution in [1.29, 1.82) is 0 Å². The summed E-state index contributed by atoms with van der Waals surface area (Å²) in [7, 11) is 0. The minimum atomic E-state index is -1.26. The molecule has 0 amide bonds. The second-order valence-electron chi connectivity index (χ2n) is 4.62. The van der Waals surface area contributed by atoms with Crippen molar-refractivity contribution in [3.8, 4) is 0 Å². The quantitative estimate of drug-likeness (QED) is 0.548. The van der Waals surface area contributed by atoms with Crippen molar-refractivity contribution >= 4 is 34.2 Å². The summed E-state index contributed by atoms with van der Waals surface area (Å²) < 4.78 is 0. The van der Waals surface area contributed by atoms with Crippen LogP contribution in [-0.2, 0) is 9.59 Å². The number of hydrogen-bond donors (Lipinski definition) is 4. The van der Waals surface area contributed by atoms with Crippen LogP contribution in [0.1, 0.15) is 0 Å². The number of carboxylic acids is 2. The van der Waals surface area contributed by atoms with E-state index in [0.29, 0.717) is 12.2 Å². The SMILES string of the molecule is O=C(O)C=CC(=O)O.c1ccc2c(Nc3ccncc3)c[nH]c2c1. The predicted octanol–water partition coefficient (Wildman–Crippen LogP) is 3.02. The molecule has 0 aliphatic rings. The van der Waals surface area contributed by atoms with Crippen LogP contribution in [0.2, 0.25) is 0 Å². The Morgan fingerprint density at radius 1 is 1.00 bits per heavy atom. The molecule has 0 spiro atoms. The molecule has 0 aliphatic carbocycles. The highest BCUT2D eigenvalue weighted by Gasteiger charge is 2.01. The highest BCUT2D eigenvalue weighted by Crippen LogP contribution is 2.25. The number of carboxylic acid groups (broad SMARTS) is 2. The monoisotopic (exact) mass is 325 g/mol. The third-order valence-electron chi connectivity index (χ3n) is 2.92. The first-order chi connectivity index (χ1) is 11.6. The fraction of sp³-hybridized carbons (Fsp3) is 0. The molecule has 0 atom stereocenters. The Labute approximate surface area is 137 Å². The molecule has 0 aliphatic heterocycles. The number of benzene rings is 1. The lowest BCUT2D eigenvalue weighted by Crippen LogP contribution is -1.91. The Balaban J connectivity index is 0.000000224. The Morgan fingerprint density at radius 3 is 2.25 bits per heavy atom. The number of H-pyrrole nitrogens is 1. The number of aromatic amines is 1. The summed E-state index contributed by atoms with van der Waals surface area (Å²) in [6, 6.07) is 12.1. The summed E-state index contributed by atoms with van der Waals surface area (Å²) in [5.74, 6) is -2.51. The first-order valence-corrected chi connectivity index (χ1v) is 6.93. The van der Waals surface area contributed by atoms with Crippen molar-refractivity contribution in [2.45, 2.75) is 0 Å². The van der Waals surface area contributed by atoms with Gasteiger partial charge in [0.15, 0.2) is 0 Å². The summed E-state index contributed by atoms with van der Waals surface area (Å²) in [4.78, 5) is 26.3. The molecule has 24 heavy (non-hydrogen) atoms. The molecule has 7 heteroatoms. The van der Waals surface area contributed by atoms with Gasteiger partial charge in [0.05, 0.1) is 5.69 Å². The molecule has 122 valence electrons. The van der Waals surface area contributed by atoms with E-state index >= 15 is 0 Å². The summed E-state index contributed by atoms with van der Waals surface area (Å²) in [5, 5.41) is 20.2. The lowest BCUT2D eigenvalue weighted by Gasteiger charge is -2.03. The van der Waals surface area contributed by atoms with E-state index in [2.05, 4.69) is 27.4 Å². The number of fused-ring (bicyclic) bond motifs is 1. The summed E-state index contributed by atoms with van der Waals surface area (Å²) in [5.41, 5.74) is 3.26. The molecule has 0 saturated heterocycles. The minimum absolute atomic E-state index is 0.558. The average Bonchev–Trinajstić information content (AvgIpc) is 2.98. The standard InChI is InChI=1S/C13H11N3.C4H4O4/c1-2-4-12-11(3-1)13(9-15-12)16-10-5-7-14-8-6-10;5-3(6)1-2-4(7)8/h1-9,15H,(H,14,16);1-2H,(H,5,6)(H,7,8). The van der Waals surface area contributed by atoms with Crippen molar-refractivity contribution < 1.29 is 19.8 Å². The van der Waals surface area contributed by atoms with Gasteiger partial charge in [0.1, 0.15) is 0 Å². The number of anilines is 2. The zero-order chi connectivity index (χ0) is 17.4. The molecule has 1 aromatic carbocycles. The van der Waals surface area contributed by atoms with Gasteiger partial charge in [0, 0.05) is 47.3 Å². The van der Waals surface area contributed by atoms with Crippen LogP contribution < -0.4 is 5.32 Å². The predicted molar refractivity (Wildman–Crippen MR) is 90.2 cm³/mol. The van der Waals surface area contributed by atoms with E-state index in [0.717, 1.165) is 16.9 Å². The zero-order valence-corrected chi connectivity index (χ0v) is 12.5. The number of nitrogens with zero attached hydrogens (tertiary/aromatic N) is 1. The zero-order valence-electron chi connectivity index (χ0n) is 12.5. The number of carbonyl (C=O) groups is 2. The van der Waals surface area contributed by atoms with Crippen molar-refractivity contribution in [2.24, 2.45) is 0 Å². The number of aliphatic carboxylic acids is 2. The normalized spacial score (nSPS) is 10.2. The number of aromatic nitrogens is 2. The average molecular weight is 325 g/mol. The Hall–Kier alpha value is -3.61. The molecule has 2 aromatic heterocycles. The van der Waals surface area contributed by atoms with E-state index < -0.39 is 11.9 Å². The molecule has 2 heterocycles. The highest BCUT2D eigenvalue weighted by molar-refractivity contribution is 5.94. The number of hydrogen-bond acceptors (Lipinski definition) is 4. The smallest absolute Gasteiger partial charge is 0.328 e. The van der Waals surface area contributed by atoms with Crippen LogP contribution in [0, 0.1) is 0 Å². The number of pyridine rings is 1. The molecule has 3 rings (SSSR count). The molecule has 7 nitrogen and oxygen atoms in total. The van der Waals surface area contributed by atoms with Gasteiger partial charge in [-0.3, -0.25) is 4.98 Å². The number of nitrogens with one attached hydrogen (secondary N) is 2. The van der Waals surface area contributed by atoms with Gasteiger partial charge in [-0.25, -0.2) is 9.59 Å². The van der Waals surface area contributed by atoms with Crippen LogP contribution in [0.4, 0.5) is 11.4 Å². The molecular formula is C17H15N3O4. The van der Waals surface area contributed by atoms with E-state index in [-0.39, 0.29) is 0 Å². The van der Waals surface area contributed by atoms with E-state index in [4.69, 9.17) is 10.2 Å². The minimum Gasteiger partial charge on any atom is -0.478 e. The van der Waals surface area contributed by atoms with Crippen LogP contribution in [-0.4, -0.2) is 32.1 Å². The topological polar surface area (TPSA) is 115 Å². The largest absolute Gasteiger partial charge is 0.478 e. The molecule has 0 radical (unpaired) electrons. The van der Waals surface area contributed by atoms with Crippen LogP contribution in [0.5, 0.6) is 0 Å². The Bertz CT molecular complexity index is 840. The van der Waals surface area contributed by atoms with Gasteiger partial charge in [-0.15, -0.1) is 0 Å². The van der Waals surface area contributed by atoms with Gasteiger partial charge in [-0.1, -0.05) is 18.2 Å². The number of rotatable bonds is 4. The molecule has 0 unspecified atom stereocenters. The van der Waals surface area contributed by atoms with Gasteiger partial charge in [0.25, 0.3) is 0 Å². The third kappa shape index (κ3) is 4.99. The summed E-state index contributed by atoms with van der Waals surface area (Å²) in [6.07, 6.45) is 6.64. The van der Waals surface area contributed by atoms with Gasteiger partial charge in [-0.05, 0) is 18.2 Å². The van der Waals surface area contributed by atoms with Gasteiger partial charge < -0.3 is 20.5 Å². The van der Waals surface area contributed by atoms with Crippen molar-refractivity contribution in [3.63, 3.8) is 0 Å². The lowest BCUT2D eigenvalue weighted by atomic mass is 10.2. The highest BCUT2D eigenvalue weighted by atomic mass is 16.4. The van der Waals surface area contributed by atoms with Crippen molar-refractivity contribution in [3.05, 3.63) is 67.1 Å². The van der Waals surface area contributed by atoms with Crippen LogP contribution in [0.25, 0.3) is 10.9 Å². The maximum absolute atomic E-state index is 9.55. The molecule has 0 saturated carbocycles. The fourth-order valence-electron chi connectivity index (χ4n) is 1.91. The molecular weight excluding hydrogens is 310 g/mol. The van der Waals surface area contributed by atoms with E-state index in [1.165, 1.54) is 5.39 Å². The molecule has 0 bridgehead atoms. The van der Waals surface area contributed by atoms with E-state index in [9.17, 15) is 9.59 Å². The van der Waals surface area contributed by atoms with Gasteiger partial charge in [-0.2, -0.15) is 0 Å². The lowest BCUT2D eigenvalue weighted by molar-refractivity contribution is -0.134. The van der Waals surface area contributed by atoms with E-state index in [1.807, 2.05) is 30.5 Å². The summed E-state index contributed by atoms with van der Waals surface area (Å²) >= 11 is 0. The van der Waals surface area contributed by atoms with Crippen molar-refractivity contribution in [2.75, 3.05) is 5.32 Å². The van der Waals surface area contributed by atoms with Gasteiger partial charge in [0.2, 0.25) is 0 Å². The second kappa shape index (κ2) is 8.14. The van der Waals surface area contributed by atoms with Crippen LogP contribution >= 0.6 is 0 Å².